The fourth-order valence-corrected chi connectivity index (χ4v) is 9.61. The summed E-state index contributed by atoms with van der Waals surface area (Å²) in [6.07, 6.45) is 6.01. The van der Waals surface area contributed by atoms with Gasteiger partial charge >= 0.3 is 0 Å². The predicted octanol–water partition coefficient (Wildman–Crippen LogP) is 5.87. The summed E-state index contributed by atoms with van der Waals surface area (Å²) >= 11 is 6.52. The van der Waals surface area contributed by atoms with Gasteiger partial charge in [0.2, 0.25) is 17.8 Å². The molecule has 4 aliphatic rings. The van der Waals surface area contributed by atoms with Gasteiger partial charge < -0.3 is 30.5 Å². The highest BCUT2D eigenvalue weighted by atomic mass is 35.5. The first-order valence-corrected chi connectivity index (χ1v) is 22.8. The molecule has 0 bridgehead atoms. The SMILES string of the molecule is COc1cc(N2CCC(CN[C@H]3CCCN(c4ccc5c(c4)C(=O)N(C4CCC(=O)NC4=O)C5=O)C3)CC2)ccc1Nc1ncc(Cl)c(Nc2ccccc2P(C)C)n1. The van der Waals surface area contributed by atoms with Crippen molar-refractivity contribution in [3.63, 3.8) is 0 Å². The van der Waals surface area contributed by atoms with Crippen LogP contribution < -0.4 is 41.1 Å². The number of halogens is 1. The summed E-state index contributed by atoms with van der Waals surface area (Å²) in [5, 5.41) is 14.5. The van der Waals surface area contributed by atoms with Crippen molar-refractivity contribution >= 4 is 83.0 Å². The number of methoxy groups -OCH3 is 1. The van der Waals surface area contributed by atoms with Gasteiger partial charge in [-0.25, -0.2) is 4.98 Å². The molecule has 3 saturated heterocycles. The molecule has 1 aromatic heterocycles. The van der Waals surface area contributed by atoms with E-state index >= 15 is 0 Å². The van der Waals surface area contributed by atoms with Crippen LogP contribution in [0.25, 0.3) is 0 Å². The van der Waals surface area contributed by atoms with Gasteiger partial charge in [-0.1, -0.05) is 37.7 Å². The summed E-state index contributed by atoms with van der Waals surface area (Å²) in [6.45, 7) is 8.88. The minimum Gasteiger partial charge on any atom is -0.494 e. The van der Waals surface area contributed by atoms with E-state index < -0.39 is 23.8 Å². The van der Waals surface area contributed by atoms with Gasteiger partial charge in [-0.05, 0) is 99.6 Å². The normalized spacial score (nSPS) is 19.9. The number of carbonyl (C=O) groups is 4. The van der Waals surface area contributed by atoms with Crippen molar-refractivity contribution in [3.05, 3.63) is 83.0 Å². The fourth-order valence-electron chi connectivity index (χ4n) is 8.47. The highest BCUT2D eigenvalue weighted by Crippen LogP contribution is 2.36. The van der Waals surface area contributed by atoms with Gasteiger partial charge in [0, 0.05) is 61.8 Å². The van der Waals surface area contributed by atoms with Gasteiger partial charge in [-0.15, -0.1) is 0 Å². The van der Waals surface area contributed by atoms with Crippen molar-refractivity contribution in [1.82, 2.24) is 25.5 Å². The molecular formula is C43H49ClN9O5P. The van der Waals surface area contributed by atoms with Crippen LogP contribution in [0, 0.1) is 5.92 Å². The Morgan fingerprint density at radius 2 is 1.63 bits per heavy atom. The topological polar surface area (TPSA) is 161 Å². The van der Waals surface area contributed by atoms with Crippen LogP contribution in [0.2, 0.25) is 5.02 Å². The van der Waals surface area contributed by atoms with Crippen LogP contribution in [0.1, 0.15) is 59.2 Å². The van der Waals surface area contributed by atoms with Gasteiger partial charge in [0.15, 0.2) is 5.82 Å². The Morgan fingerprint density at radius 3 is 2.41 bits per heavy atom. The number of fused-ring (bicyclic) bond motifs is 1. The van der Waals surface area contributed by atoms with E-state index in [-0.39, 0.29) is 26.7 Å². The maximum absolute atomic E-state index is 13.4. The standard InChI is InChI=1S/C43H49ClN9O5P/c1-58-36-22-29(11-13-33(36)48-43-46-24-32(44)39(50-43)47-34-8-4-5-9-37(34)59(2)3)51-19-16-26(17-20-51)23-45-27-7-6-18-52(25-27)28-10-12-30-31(21-28)42(57)53(41(30)56)35-14-15-38(54)49-40(35)55/h4-5,8-13,21-22,24,26-27,35,45H,6-7,14-20,23,25H2,1-3H3,(H,49,54,55)(H2,46,47,48,50)/t27-,35?/m0/s1. The molecule has 308 valence electrons. The lowest BCUT2D eigenvalue weighted by atomic mass is 9.95. The summed E-state index contributed by atoms with van der Waals surface area (Å²) in [5.74, 6) is 0.211. The first-order valence-electron chi connectivity index (χ1n) is 20.2. The molecule has 4 amide bonds. The van der Waals surface area contributed by atoms with Crippen molar-refractivity contribution < 1.29 is 23.9 Å². The van der Waals surface area contributed by atoms with E-state index in [4.69, 9.17) is 21.3 Å². The molecule has 5 heterocycles. The molecule has 14 nitrogen and oxygen atoms in total. The van der Waals surface area contributed by atoms with Crippen LogP contribution in [0.5, 0.6) is 5.75 Å². The number of piperidine rings is 3. The average molecular weight is 838 g/mol. The summed E-state index contributed by atoms with van der Waals surface area (Å²) in [4.78, 5) is 65.6. The Labute approximate surface area is 350 Å². The molecule has 0 saturated carbocycles. The van der Waals surface area contributed by atoms with E-state index in [1.807, 2.05) is 30.3 Å². The molecule has 3 fully saturated rings. The second-order valence-electron chi connectivity index (χ2n) is 15.7. The molecule has 0 spiro atoms. The number of imide groups is 2. The van der Waals surface area contributed by atoms with Crippen molar-refractivity contribution in [3.8, 4) is 5.75 Å². The summed E-state index contributed by atoms with van der Waals surface area (Å²) < 4.78 is 5.82. The summed E-state index contributed by atoms with van der Waals surface area (Å²) in [7, 11) is 1.34. The highest BCUT2D eigenvalue weighted by Gasteiger charge is 2.45. The zero-order valence-electron chi connectivity index (χ0n) is 33.5. The number of anilines is 6. The first-order chi connectivity index (χ1) is 28.6. The zero-order chi connectivity index (χ0) is 41.2. The number of benzene rings is 3. The Hall–Kier alpha value is -5.30. The number of para-hydroxylation sites is 1. The monoisotopic (exact) mass is 837 g/mol. The lowest BCUT2D eigenvalue weighted by molar-refractivity contribution is -0.136. The van der Waals surface area contributed by atoms with Gasteiger partial charge in [0.1, 0.15) is 16.8 Å². The van der Waals surface area contributed by atoms with E-state index in [0.29, 0.717) is 45.6 Å². The summed E-state index contributed by atoms with van der Waals surface area (Å²) in [6, 6.07) is 19.0. The maximum atomic E-state index is 13.4. The largest absolute Gasteiger partial charge is 0.494 e. The van der Waals surface area contributed by atoms with Gasteiger partial charge in [0.25, 0.3) is 11.8 Å². The number of amides is 4. The summed E-state index contributed by atoms with van der Waals surface area (Å²) in [5.41, 5.74) is 4.33. The third-order valence-corrected chi connectivity index (χ3v) is 13.3. The van der Waals surface area contributed by atoms with Crippen molar-refractivity contribution in [2.45, 2.75) is 50.6 Å². The number of carbonyl (C=O) groups excluding carboxylic acids is 4. The second-order valence-corrected chi connectivity index (χ2v) is 18.4. The number of hydrogen-bond donors (Lipinski definition) is 4. The Bertz CT molecular complexity index is 2270. The highest BCUT2D eigenvalue weighted by molar-refractivity contribution is 7.64. The molecule has 16 heteroatoms. The third-order valence-electron chi connectivity index (χ3n) is 11.7. The van der Waals surface area contributed by atoms with Gasteiger partial charge in [0.05, 0.1) is 30.1 Å². The Morgan fingerprint density at radius 1 is 0.864 bits per heavy atom. The quantitative estimate of drug-likeness (QED) is 0.0995. The number of nitrogens with one attached hydrogen (secondary N) is 4. The van der Waals surface area contributed by atoms with E-state index in [2.05, 4.69) is 67.6 Å². The predicted molar refractivity (Wildman–Crippen MR) is 233 cm³/mol. The van der Waals surface area contributed by atoms with Crippen LogP contribution >= 0.6 is 19.5 Å². The van der Waals surface area contributed by atoms with Crippen molar-refractivity contribution in [2.24, 2.45) is 5.92 Å². The van der Waals surface area contributed by atoms with E-state index in [1.165, 1.54) is 5.30 Å². The lowest BCUT2D eigenvalue weighted by Gasteiger charge is -2.37. The van der Waals surface area contributed by atoms with Crippen LogP contribution in [0.4, 0.5) is 34.5 Å². The van der Waals surface area contributed by atoms with Gasteiger partial charge in [-0.3, -0.25) is 29.4 Å². The maximum Gasteiger partial charge on any atom is 0.262 e. The molecule has 4 aromatic rings. The number of hydrogen-bond acceptors (Lipinski definition) is 12. The number of ether oxygens (including phenoxy) is 1. The van der Waals surface area contributed by atoms with Crippen LogP contribution in [-0.4, -0.2) is 104 Å². The zero-order valence-corrected chi connectivity index (χ0v) is 35.1. The van der Waals surface area contributed by atoms with Crippen molar-refractivity contribution in [1.29, 1.82) is 0 Å². The smallest absolute Gasteiger partial charge is 0.262 e. The minimum absolute atomic E-state index is 0.0931. The van der Waals surface area contributed by atoms with Crippen LogP contribution in [-0.2, 0) is 9.59 Å². The molecular weight excluding hydrogens is 789 g/mol. The Balaban J connectivity index is 0.835. The van der Waals surface area contributed by atoms with Crippen LogP contribution in [0.15, 0.2) is 66.9 Å². The molecule has 0 radical (unpaired) electrons. The molecule has 0 aliphatic carbocycles. The minimum atomic E-state index is -0.974. The molecule has 2 atom stereocenters. The number of rotatable bonds is 12. The van der Waals surface area contributed by atoms with E-state index in [0.717, 1.165) is 86.1 Å². The molecule has 3 aromatic carbocycles. The average Bonchev–Trinajstić information content (AvgIpc) is 3.49. The van der Waals surface area contributed by atoms with E-state index in [1.54, 1.807) is 25.4 Å². The first kappa shape index (κ1) is 40.5. The fraction of sp³-hybridized carbons (Fsp3) is 0.395. The van der Waals surface area contributed by atoms with Crippen LogP contribution in [0.3, 0.4) is 0 Å². The molecule has 4 aliphatic heterocycles. The van der Waals surface area contributed by atoms with Gasteiger partial charge in [-0.2, -0.15) is 4.98 Å². The number of aromatic nitrogens is 2. The lowest BCUT2D eigenvalue weighted by Crippen LogP contribution is -2.54. The molecule has 1 unspecified atom stereocenters. The molecule has 59 heavy (non-hydrogen) atoms. The van der Waals surface area contributed by atoms with Crippen molar-refractivity contribution in [2.75, 3.05) is 73.6 Å². The van der Waals surface area contributed by atoms with E-state index in [9.17, 15) is 19.2 Å². The molecule has 8 rings (SSSR count). The number of nitrogens with zero attached hydrogens (tertiary/aromatic N) is 5. The Kier molecular flexibility index (Phi) is 12.0. The molecule has 4 N–H and O–H groups in total. The third kappa shape index (κ3) is 8.71. The second kappa shape index (κ2) is 17.5.